The summed E-state index contributed by atoms with van der Waals surface area (Å²) in [4.78, 5) is 41.5. The normalized spacial score (nSPS) is 11.2. The molecule has 1 heterocycles. The van der Waals surface area contributed by atoms with Crippen molar-refractivity contribution in [2.75, 3.05) is 6.54 Å². The van der Waals surface area contributed by atoms with E-state index < -0.39 is 30.4 Å². The van der Waals surface area contributed by atoms with Crippen molar-refractivity contribution in [3.05, 3.63) is 102 Å². The molecule has 0 aliphatic rings. The van der Waals surface area contributed by atoms with Gasteiger partial charge in [0.1, 0.15) is 12.6 Å². The number of fused-ring (bicyclic) bond motifs is 1. The first-order valence-corrected chi connectivity index (χ1v) is 11.2. The Kier molecular flexibility index (Phi) is 7.37. The summed E-state index contributed by atoms with van der Waals surface area (Å²) >= 11 is 0. The maximum absolute atomic E-state index is 12.9. The quantitative estimate of drug-likeness (QED) is 0.391. The van der Waals surface area contributed by atoms with E-state index in [0.29, 0.717) is 11.1 Å². The molecule has 0 saturated heterocycles. The monoisotopic (exact) mass is 478 g/mol. The van der Waals surface area contributed by atoms with Crippen molar-refractivity contribution in [2.24, 2.45) is 0 Å². The third-order valence-corrected chi connectivity index (χ3v) is 5.62. The SMILES string of the molecule is O=C(O)CN(C(=O)C#Cc1cnc2ccccc2c1)C(Cc1ccc(-c2ccccc2)cc1)C(=O)O. The molecule has 36 heavy (non-hydrogen) atoms. The Bertz CT molecular complexity index is 1470. The minimum atomic E-state index is -1.40. The molecule has 0 fully saturated rings. The van der Waals surface area contributed by atoms with Gasteiger partial charge in [0.05, 0.1) is 5.52 Å². The summed E-state index contributed by atoms with van der Waals surface area (Å²) in [6.45, 7) is -0.789. The maximum Gasteiger partial charge on any atom is 0.326 e. The number of amides is 1. The summed E-state index contributed by atoms with van der Waals surface area (Å²) in [5.74, 6) is 1.54. The Morgan fingerprint density at radius 3 is 2.22 bits per heavy atom. The van der Waals surface area contributed by atoms with Crippen LogP contribution in [0.5, 0.6) is 0 Å². The van der Waals surface area contributed by atoms with Crippen LogP contribution in [0.1, 0.15) is 11.1 Å². The van der Waals surface area contributed by atoms with Gasteiger partial charge >= 0.3 is 11.9 Å². The number of nitrogens with zero attached hydrogens (tertiary/aromatic N) is 2. The molecule has 0 aliphatic heterocycles. The highest BCUT2D eigenvalue weighted by Crippen LogP contribution is 2.20. The predicted octanol–water partition coefficient (Wildman–Crippen LogP) is 3.86. The second kappa shape index (κ2) is 11.0. The number of hydrogen-bond acceptors (Lipinski definition) is 4. The molecule has 1 aromatic heterocycles. The summed E-state index contributed by atoms with van der Waals surface area (Å²) in [5, 5.41) is 20.0. The van der Waals surface area contributed by atoms with Crippen LogP contribution in [0.25, 0.3) is 22.0 Å². The number of carbonyl (C=O) groups excluding carboxylic acids is 1. The van der Waals surface area contributed by atoms with Crippen LogP contribution in [0.4, 0.5) is 0 Å². The van der Waals surface area contributed by atoms with Crippen LogP contribution in [-0.2, 0) is 20.8 Å². The minimum Gasteiger partial charge on any atom is -0.480 e. The van der Waals surface area contributed by atoms with Gasteiger partial charge < -0.3 is 15.1 Å². The van der Waals surface area contributed by atoms with Gasteiger partial charge in [-0.15, -0.1) is 0 Å². The number of carboxylic acid groups (broad SMARTS) is 2. The number of aliphatic carboxylic acids is 2. The van der Waals surface area contributed by atoms with Crippen LogP contribution in [0.2, 0.25) is 0 Å². The molecule has 0 spiro atoms. The zero-order chi connectivity index (χ0) is 25.5. The van der Waals surface area contributed by atoms with E-state index >= 15 is 0 Å². The van der Waals surface area contributed by atoms with E-state index in [-0.39, 0.29) is 6.42 Å². The lowest BCUT2D eigenvalue weighted by Gasteiger charge is -2.25. The summed E-state index contributed by atoms with van der Waals surface area (Å²) in [6.07, 6.45) is 1.44. The zero-order valence-electron chi connectivity index (χ0n) is 19.2. The molecule has 1 atom stereocenters. The lowest BCUT2D eigenvalue weighted by molar-refractivity contribution is -0.152. The number of carboxylic acids is 2. The van der Waals surface area contributed by atoms with E-state index in [4.69, 9.17) is 0 Å². The number of benzene rings is 3. The Morgan fingerprint density at radius 2 is 1.53 bits per heavy atom. The number of hydrogen-bond donors (Lipinski definition) is 2. The van der Waals surface area contributed by atoms with Crippen molar-refractivity contribution in [3.63, 3.8) is 0 Å². The highest BCUT2D eigenvalue weighted by molar-refractivity contribution is 5.98. The molecular weight excluding hydrogens is 456 g/mol. The molecule has 7 heteroatoms. The molecular formula is C29H22N2O5. The fourth-order valence-electron chi connectivity index (χ4n) is 3.82. The van der Waals surface area contributed by atoms with E-state index in [0.717, 1.165) is 26.9 Å². The molecule has 3 aromatic carbocycles. The average molecular weight is 479 g/mol. The van der Waals surface area contributed by atoms with Crippen molar-refractivity contribution >= 4 is 28.7 Å². The van der Waals surface area contributed by atoms with Gasteiger partial charge in [-0.1, -0.05) is 78.7 Å². The average Bonchev–Trinajstić information content (AvgIpc) is 2.89. The molecule has 0 radical (unpaired) electrons. The highest BCUT2D eigenvalue weighted by Gasteiger charge is 2.31. The third-order valence-electron chi connectivity index (χ3n) is 5.62. The number of carbonyl (C=O) groups is 3. The maximum atomic E-state index is 12.9. The number of para-hydroxylation sites is 1. The molecule has 0 bridgehead atoms. The van der Waals surface area contributed by atoms with Gasteiger partial charge in [-0.3, -0.25) is 14.6 Å². The Hall–Kier alpha value is -4.96. The van der Waals surface area contributed by atoms with Crippen molar-refractivity contribution in [1.82, 2.24) is 9.88 Å². The molecule has 1 amide bonds. The van der Waals surface area contributed by atoms with Gasteiger partial charge in [-0.25, -0.2) is 4.79 Å². The Balaban J connectivity index is 1.56. The van der Waals surface area contributed by atoms with Gasteiger partial charge in [-0.05, 0) is 28.8 Å². The second-order valence-corrected chi connectivity index (χ2v) is 8.11. The summed E-state index contributed by atoms with van der Waals surface area (Å²) < 4.78 is 0. The van der Waals surface area contributed by atoms with Crippen molar-refractivity contribution in [1.29, 1.82) is 0 Å². The van der Waals surface area contributed by atoms with Crippen LogP contribution < -0.4 is 0 Å². The van der Waals surface area contributed by atoms with Gasteiger partial charge in [0.15, 0.2) is 0 Å². The Morgan fingerprint density at radius 1 is 0.861 bits per heavy atom. The number of rotatable bonds is 7. The van der Waals surface area contributed by atoms with Crippen LogP contribution in [0.15, 0.2) is 91.1 Å². The second-order valence-electron chi connectivity index (χ2n) is 8.11. The first kappa shape index (κ1) is 24.2. The molecule has 4 aromatic rings. The van der Waals surface area contributed by atoms with E-state index in [1.807, 2.05) is 66.7 Å². The van der Waals surface area contributed by atoms with E-state index in [1.165, 1.54) is 6.20 Å². The highest BCUT2D eigenvalue weighted by atomic mass is 16.4. The van der Waals surface area contributed by atoms with Crippen LogP contribution in [0, 0.1) is 11.8 Å². The standard InChI is InChI=1S/C29H22N2O5/c32-27(15-12-21-16-24-8-4-5-9-25(24)30-18-21)31(19-28(33)34)26(29(35)36)17-20-10-13-23(14-11-20)22-6-2-1-3-7-22/h1-11,13-14,16,18,26H,17,19H2,(H,33,34)(H,35,36). The molecule has 7 nitrogen and oxygen atoms in total. The van der Waals surface area contributed by atoms with Crippen LogP contribution >= 0.6 is 0 Å². The lowest BCUT2D eigenvalue weighted by Crippen LogP contribution is -2.48. The first-order chi connectivity index (χ1) is 17.4. The molecule has 0 saturated carbocycles. The summed E-state index contributed by atoms with van der Waals surface area (Å²) in [6, 6.07) is 24.7. The molecule has 1 unspecified atom stereocenters. The van der Waals surface area contributed by atoms with Crippen molar-refractivity contribution in [2.45, 2.75) is 12.5 Å². The van der Waals surface area contributed by atoms with Gasteiger partial charge in [0.2, 0.25) is 0 Å². The smallest absolute Gasteiger partial charge is 0.326 e. The van der Waals surface area contributed by atoms with Gasteiger partial charge in [0, 0.05) is 29.5 Å². The van der Waals surface area contributed by atoms with Crippen molar-refractivity contribution < 1.29 is 24.6 Å². The first-order valence-electron chi connectivity index (χ1n) is 11.2. The van der Waals surface area contributed by atoms with Crippen LogP contribution in [0.3, 0.4) is 0 Å². The predicted molar refractivity (Wildman–Crippen MR) is 135 cm³/mol. The fraction of sp³-hybridized carbons (Fsp3) is 0.103. The molecule has 2 N–H and O–H groups in total. The summed E-state index contributed by atoms with van der Waals surface area (Å²) in [5.41, 5.74) is 3.85. The zero-order valence-corrected chi connectivity index (χ0v) is 19.2. The molecule has 0 aliphatic carbocycles. The van der Waals surface area contributed by atoms with Gasteiger partial charge in [0.25, 0.3) is 5.91 Å². The Labute approximate surface area is 207 Å². The minimum absolute atomic E-state index is 0.0668. The van der Waals surface area contributed by atoms with Crippen LogP contribution in [-0.4, -0.2) is 50.5 Å². The lowest BCUT2D eigenvalue weighted by atomic mass is 10.00. The number of pyridine rings is 1. The molecule has 4 rings (SSSR count). The van der Waals surface area contributed by atoms with Crippen molar-refractivity contribution in [3.8, 4) is 23.0 Å². The van der Waals surface area contributed by atoms with Gasteiger partial charge in [-0.2, -0.15) is 0 Å². The van der Waals surface area contributed by atoms with E-state index in [9.17, 15) is 24.6 Å². The van der Waals surface area contributed by atoms with E-state index in [1.54, 1.807) is 18.2 Å². The topological polar surface area (TPSA) is 108 Å². The third kappa shape index (κ3) is 5.93. The number of aromatic nitrogens is 1. The molecule has 178 valence electrons. The largest absolute Gasteiger partial charge is 0.480 e. The summed E-state index contributed by atoms with van der Waals surface area (Å²) in [7, 11) is 0. The fourth-order valence-corrected chi connectivity index (χ4v) is 3.82. The van der Waals surface area contributed by atoms with E-state index in [2.05, 4.69) is 16.8 Å².